The van der Waals surface area contributed by atoms with Crippen molar-refractivity contribution in [3.63, 3.8) is 0 Å². The molecule has 1 aliphatic heterocycles. The maximum atomic E-state index is 12.6. The molecular formula is C17H23N3O6S. The number of likely N-dealkylation sites (tertiary alicyclic amines) is 1. The summed E-state index contributed by atoms with van der Waals surface area (Å²) in [5.41, 5.74) is -0.892. The van der Waals surface area contributed by atoms with Crippen LogP contribution in [0.5, 0.6) is 0 Å². The van der Waals surface area contributed by atoms with Crippen molar-refractivity contribution >= 4 is 33.5 Å². The average molecular weight is 397 g/mol. The van der Waals surface area contributed by atoms with E-state index in [9.17, 15) is 27.9 Å². The van der Waals surface area contributed by atoms with Gasteiger partial charge in [0.05, 0.1) is 10.9 Å². The molecule has 1 aromatic rings. The maximum Gasteiger partial charge on any atom is 0.329 e. The number of nitrogens with zero attached hydrogens (tertiary/aromatic N) is 1. The molecule has 0 radical (unpaired) electrons. The standard InChI is InChI=1S/C17H23N3O6S/c1-11(15(22)20-10-4-9-17(20,3)16(23)24)19-27(25,26)14-7-5-13(6-8-14)18-12(2)21/h5-8,11,19H,4,9-10H2,1-3H3,(H,18,21)(H,23,24). The smallest absolute Gasteiger partial charge is 0.329 e. The molecule has 10 heteroatoms. The van der Waals surface area contributed by atoms with E-state index in [1.807, 2.05) is 0 Å². The second-order valence-corrected chi connectivity index (χ2v) is 8.43. The first kappa shape index (κ1) is 20.8. The Morgan fingerprint density at radius 2 is 1.81 bits per heavy atom. The van der Waals surface area contributed by atoms with Gasteiger partial charge in [-0.15, -0.1) is 0 Å². The number of hydrogen-bond acceptors (Lipinski definition) is 5. The zero-order valence-electron chi connectivity index (χ0n) is 15.4. The number of amides is 2. The van der Waals surface area contributed by atoms with Crippen molar-refractivity contribution in [2.24, 2.45) is 0 Å². The Morgan fingerprint density at radius 3 is 2.33 bits per heavy atom. The molecule has 2 atom stereocenters. The summed E-state index contributed by atoms with van der Waals surface area (Å²) in [7, 11) is -3.99. The second kappa shape index (κ2) is 7.65. The SMILES string of the molecule is CC(=O)Nc1ccc(S(=O)(=O)NC(C)C(=O)N2CCCC2(C)C(=O)O)cc1. The van der Waals surface area contributed by atoms with Crippen LogP contribution >= 0.6 is 0 Å². The van der Waals surface area contributed by atoms with E-state index in [4.69, 9.17) is 0 Å². The van der Waals surface area contributed by atoms with Crippen LogP contribution in [0.1, 0.15) is 33.6 Å². The van der Waals surface area contributed by atoms with Crippen molar-refractivity contribution in [3.8, 4) is 0 Å². The van der Waals surface area contributed by atoms with Crippen LogP contribution in [0.2, 0.25) is 0 Å². The number of nitrogens with one attached hydrogen (secondary N) is 2. The number of aliphatic carboxylic acids is 1. The quantitative estimate of drug-likeness (QED) is 0.650. The van der Waals surface area contributed by atoms with Crippen molar-refractivity contribution in [2.45, 2.75) is 50.1 Å². The molecule has 0 saturated carbocycles. The van der Waals surface area contributed by atoms with E-state index in [1.165, 1.54) is 49.9 Å². The number of sulfonamides is 1. The molecule has 1 saturated heterocycles. The van der Waals surface area contributed by atoms with E-state index in [0.717, 1.165) is 0 Å². The van der Waals surface area contributed by atoms with Gasteiger partial charge >= 0.3 is 5.97 Å². The summed E-state index contributed by atoms with van der Waals surface area (Å²) in [6.45, 7) is 4.44. The molecule has 27 heavy (non-hydrogen) atoms. The monoisotopic (exact) mass is 397 g/mol. The number of hydrogen-bond donors (Lipinski definition) is 3. The summed E-state index contributed by atoms with van der Waals surface area (Å²) in [6, 6.07) is 4.36. The molecule has 2 rings (SSSR count). The third-order valence-corrected chi connectivity index (χ3v) is 6.11. The van der Waals surface area contributed by atoms with Crippen molar-refractivity contribution < 1.29 is 27.9 Å². The Hall–Kier alpha value is -2.46. The van der Waals surface area contributed by atoms with E-state index < -0.39 is 33.5 Å². The molecule has 1 heterocycles. The summed E-state index contributed by atoms with van der Waals surface area (Å²) in [5.74, 6) is -1.98. The van der Waals surface area contributed by atoms with Crippen LogP contribution in [0.3, 0.4) is 0 Å². The van der Waals surface area contributed by atoms with E-state index in [-0.39, 0.29) is 17.3 Å². The van der Waals surface area contributed by atoms with Gasteiger partial charge in [0.25, 0.3) is 0 Å². The second-order valence-electron chi connectivity index (χ2n) is 6.72. The molecule has 0 aliphatic carbocycles. The molecule has 0 aromatic heterocycles. The van der Waals surface area contributed by atoms with Crippen LogP contribution in [0.25, 0.3) is 0 Å². The van der Waals surface area contributed by atoms with E-state index in [0.29, 0.717) is 18.5 Å². The Morgan fingerprint density at radius 1 is 1.22 bits per heavy atom. The van der Waals surface area contributed by atoms with Gasteiger partial charge in [-0.05, 0) is 51.0 Å². The molecule has 9 nitrogen and oxygen atoms in total. The summed E-state index contributed by atoms with van der Waals surface area (Å²) in [4.78, 5) is 36.3. The molecule has 0 bridgehead atoms. The fourth-order valence-corrected chi connectivity index (χ4v) is 4.24. The van der Waals surface area contributed by atoms with E-state index in [2.05, 4.69) is 10.0 Å². The Labute approximate surface area is 157 Å². The van der Waals surface area contributed by atoms with Crippen LogP contribution in [0, 0.1) is 0 Å². The molecule has 1 fully saturated rings. The summed E-state index contributed by atoms with van der Waals surface area (Å²) in [5, 5.41) is 11.9. The number of carbonyl (C=O) groups is 3. The van der Waals surface area contributed by atoms with Crippen LogP contribution in [-0.2, 0) is 24.4 Å². The lowest BCUT2D eigenvalue weighted by Crippen LogP contribution is -2.56. The number of rotatable bonds is 6. The lowest BCUT2D eigenvalue weighted by molar-refractivity contribution is -0.155. The Kier molecular flexibility index (Phi) is 5.91. The highest BCUT2D eigenvalue weighted by Gasteiger charge is 2.47. The predicted octanol–water partition coefficient (Wildman–Crippen LogP) is 0.778. The molecule has 2 amide bonds. The Bertz CT molecular complexity index is 852. The van der Waals surface area contributed by atoms with Crippen molar-refractivity contribution in [1.82, 2.24) is 9.62 Å². The van der Waals surface area contributed by atoms with Crippen molar-refractivity contribution in [2.75, 3.05) is 11.9 Å². The number of carbonyl (C=O) groups excluding carboxylic acids is 2. The normalized spacial score (nSPS) is 20.9. The minimum absolute atomic E-state index is 0.0707. The number of benzene rings is 1. The van der Waals surface area contributed by atoms with Gasteiger partial charge in [-0.25, -0.2) is 13.2 Å². The fourth-order valence-electron chi connectivity index (χ4n) is 3.04. The minimum Gasteiger partial charge on any atom is -0.480 e. The molecule has 2 unspecified atom stereocenters. The largest absolute Gasteiger partial charge is 0.480 e. The lowest BCUT2D eigenvalue weighted by atomic mass is 9.99. The molecule has 3 N–H and O–H groups in total. The first-order valence-corrected chi connectivity index (χ1v) is 9.90. The molecule has 1 aliphatic rings. The van der Waals surface area contributed by atoms with Crippen molar-refractivity contribution in [1.29, 1.82) is 0 Å². The maximum absolute atomic E-state index is 12.6. The van der Waals surface area contributed by atoms with Gasteiger partial charge < -0.3 is 15.3 Å². The van der Waals surface area contributed by atoms with Gasteiger partial charge in [0.2, 0.25) is 21.8 Å². The van der Waals surface area contributed by atoms with Crippen LogP contribution < -0.4 is 10.0 Å². The molecule has 1 aromatic carbocycles. The van der Waals surface area contributed by atoms with E-state index in [1.54, 1.807) is 0 Å². The molecular weight excluding hydrogens is 374 g/mol. The number of anilines is 1. The third-order valence-electron chi connectivity index (χ3n) is 4.56. The highest BCUT2D eigenvalue weighted by molar-refractivity contribution is 7.89. The van der Waals surface area contributed by atoms with Gasteiger partial charge in [-0.1, -0.05) is 0 Å². The highest BCUT2D eigenvalue weighted by atomic mass is 32.2. The van der Waals surface area contributed by atoms with Gasteiger partial charge in [0.15, 0.2) is 0 Å². The van der Waals surface area contributed by atoms with Gasteiger partial charge in [0, 0.05) is 19.2 Å². The van der Waals surface area contributed by atoms with Crippen molar-refractivity contribution in [3.05, 3.63) is 24.3 Å². The molecule has 0 spiro atoms. The first-order valence-electron chi connectivity index (χ1n) is 8.42. The van der Waals surface area contributed by atoms with Crippen LogP contribution in [0.15, 0.2) is 29.2 Å². The number of carboxylic acid groups (broad SMARTS) is 1. The third kappa shape index (κ3) is 4.45. The average Bonchev–Trinajstić information content (AvgIpc) is 2.97. The van der Waals surface area contributed by atoms with Crippen LogP contribution in [-0.4, -0.2) is 54.3 Å². The van der Waals surface area contributed by atoms with Gasteiger partial charge in [0.1, 0.15) is 5.54 Å². The fraction of sp³-hybridized carbons (Fsp3) is 0.471. The van der Waals surface area contributed by atoms with Gasteiger partial charge in [-0.3, -0.25) is 9.59 Å². The zero-order chi connectivity index (χ0) is 20.4. The summed E-state index contributed by atoms with van der Waals surface area (Å²) < 4.78 is 27.3. The number of carboxylic acids is 1. The van der Waals surface area contributed by atoms with Crippen LogP contribution in [0.4, 0.5) is 5.69 Å². The predicted molar refractivity (Wildman–Crippen MR) is 97.5 cm³/mol. The molecule has 148 valence electrons. The first-order chi connectivity index (χ1) is 12.5. The zero-order valence-corrected chi connectivity index (χ0v) is 16.2. The Balaban J connectivity index is 2.13. The van der Waals surface area contributed by atoms with E-state index >= 15 is 0 Å². The highest BCUT2D eigenvalue weighted by Crippen LogP contribution is 2.30. The summed E-state index contributed by atoms with van der Waals surface area (Å²) in [6.07, 6.45) is 0.858. The van der Waals surface area contributed by atoms with Gasteiger partial charge in [-0.2, -0.15) is 4.72 Å². The lowest BCUT2D eigenvalue weighted by Gasteiger charge is -2.33. The minimum atomic E-state index is -3.99. The topological polar surface area (TPSA) is 133 Å². The summed E-state index contributed by atoms with van der Waals surface area (Å²) >= 11 is 0.